The Bertz CT molecular complexity index is 976. The van der Waals surface area contributed by atoms with E-state index in [4.69, 9.17) is 27.6 Å². The van der Waals surface area contributed by atoms with Gasteiger partial charge in [-0.1, -0.05) is 41.4 Å². The van der Waals surface area contributed by atoms with E-state index >= 15 is 0 Å². The number of nitrogens with one attached hydrogen (secondary N) is 2. The maximum Gasteiger partial charge on any atom is 0.291 e. The Morgan fingerprint density at radius 1 is 1.03 bits per heavy atom. The molecule has 0 saturated carbocycles. The molecule has 29 heavy (non-hydrogen) atoms. The average Bonchev–Trinajstić information content (AvgIpc) is 3.24. The van der Waals surface area contributed by atoms with E-state index in [1.165, 1.54) is 18.0 Å². The lowest BCUT2D eigenvalue weighted by Crippen LogP contribution is -2.24. The first-order valence-electron chi connectivity index (χ1n) is 8.73. The van der Waals surface area contributed by atoms with Crippen molar-refractivity contribution in [3.63, 3.8) is 0 Å². The van der Waals surface area contributed by atoms with Gasteiger partial charge in [-0.05, 0) is 47.5 Å². The maximum atomic E-state index is 12.0. The molecular weight excluding hydrogens is 431 g/mol. The fourth-order valence-electron chi connectivity index (χ4n) is 2.45. The molecule has 0 atom stereocenters. The summed E-state index contributed by atoms with van der Waals surface area (Å²) in [6, 6.07) is 15.8. The van der Waals surface area contributed by atoms with Crippen molar-refractivity contribution < 1.29 is 14.0 Å². The van der Waals surface area contributed by atoms with Crippen molar-refractivity contribution in [2.24, 2.45) is 0 Å². The first-order valence-corrected chi connectivity index (χ1v) is 10.6. The van der Waals surface area contributed by atoms with Gasteiger partial charge < -0.3 is 15.1 Å². The van der Waals surface area contributed by atoms with Gasteiger partial charge >= 0.3 is 0 Å². The van der Waals surface area contributed by atoms with Crippen LogP contribution in [0.4, 0.5) is 5.69 Å². The maximum absolute atomic E-state index is 12.0. The number of amides is 2. The van der Waals surface area contributed by atoms with E-state index in [2.05, 4.69) is 10.6 Å². The zero-order chi connectivity index (χ0) is 20.6. The number of thioether (sulfide) groups is 1. The topological polar surface area (TPSA) is 71.3 Å². The van der Waals surface area contributed by atoms with E-state index in [9.17, 15) is 9.59 Å². The zero-order valence-electron chi connectivity index (χ0n) is 15.3. The van der Waals surface area contributed by atoms with Gasteiger partial charge in [0.05, 0.1) is 12.0 Å². The third kappa shape index (κ3) is 6.56. The molecule has 0 aliphatic heterocycles. The quantitative estimate of drug-likeness (QED) is 0.484. The van der Waals surface area contributed by atoms with Crippen molar-refractivity contribution in [3.8, 4) is 0 Å². The highest BCUT2D eigenvalue weighted by Crippen LogP contribution is 2.24. The number of hydrogen-bond donors (Lipinski definition) is 2. The molecule has 0 bridgehead atoms. The average molecular weight is 449 g/mol. The van der Waals surface area contributed by atoms with Gasteiger partial charge in [0, 0.05) is 28.0 Å². The van der Waals surface area contributed by atoms with E-state index in [1.54, 1.807) is 36.4 Å². The summed E-state index contributed by atoms with van der Waals surface area (Å²) in [5, 5.41) is 6.81. The summed E-state index contributed by atoms with van der Waals surface area (Å²) < 4.78 is 5.05. The van der Waals surface area contributed by atoms with Gasteiger partial charge in [0.25, 0.3) is 5.91 Å². The summed E-state index contributed by atoms with van der Waals surface area (Å²) in [4.78, 5) is 24.0. The van der Waals surface area contributed by atoms with Crippen LogP contribution in [0, 0.1) is 0 Å². The Balaban J connectivity index is 1.40. The van der Waals surface area contributed by atoms with Crippen LogP contribution in [0.5, 0.6) is 0 Å². The molecule has 2 amide bonds. The second kappa shape index (κ2) is 10.4. The molecule has 5 nitrogen and oxygen atoms in total. The number of rotatable bonds is 8. The van der Waals surface area contributed by atoms with Gasteiger partial charge in [0.15, 0.2) is 5.76 Å². The van der Waals surface area contributed by atoms with E-state index in [1.807, 2.05) is 18.2 Å². The molecule has 0 fully saturated rings. The molecule has 8 heteroatoms. The van der Waals surface area contributed by atoms with E-state index < -0.39 is 0 Å². The number of hydrogen-bond acceptors (Lipinski definition) is 4. The summed E-state index contributed by atoms with van der Waals surface area (Å²) in [5.74, 6) is 0.840. The molecule has 2 aromatic carbocycles. The first kappa shape index (κ1) is 21.3. The van der Waals surface area contributed by atoms with E-state index in [0.29, 0.717) is 33.8 Å². The summed E-state index contributed by atoms with van der Waals surface area (Å²) in [7, 11) is 0. The van der Waals surface area contributed by atoms with Crippen molar-refractivity contribution in [1.29, 1.82) is 0 Å². The Hall–Kier alpha value is -2.41. The largest absolute Gasteiger partial charge is 0.459 e. The summed E-state index contributed by atoms with van der Waals surface area (Å²) in [6.07, 6.45) is 1.45. The minimum atomic E-state index is -0.311. The van der Waals surface area contributed by atoms with Crippen LogP contribution in [0.25, 0.3) is 0 Å². The van der Waals surface area contributed by atoms with Gasteiger partial charge in [-0.2, -0.15) is 0 Å². The number of benzene rings is 2. The molecule has 0 saturated heterocycles. The minimum absolute atomic E-state index is 0.0599. The van der Waals surface area contributed by atoms with Gasteiger partial charge in [0.2, 0.25) is 5.91 Å². The van der Waals surface area contributed by atoms with Crippen molar-refractivity contribution in [2.45, 2.75) is 12.3 Å². The highest BCUT2D eigenvalue weighted by atomic mass is 35.5. The second-order valence-electron chi connectivity index (χ2n) is 6.13. The molecule has 0 aliphatic rings. The number of halogens is 2. The van der Waals surface area contributed by atoms with Crippen LogP contribution in [-0.2, 0) is 17.1 Å². The third-order valence-corrected chi connectivity index (χ3v) is 5.52. The first-order chi connectivity index (χ1) is 14.0. The highest BCUT2D eigenvalue weighted by molar-refractivity contribution is 7.99. The van der Waals surface area contributed by atoms with Crippen LogP contribution in [-0.4, -0.2) is 17.6 Å². The van der Waals surface area contributed by atoms with Crippen LogP contribution in [0.3, 0.4) is 0 Å². The molecule has 0 unspecified atom stereocenters. The summed E-state index contributed by atoms with van der Waals surface area (Å²) in [5.41, 5.74) is 2.53. The fraction of sp³-hybridized carbons (Fsp3) is 0.143. The summed E-state index contributed by atoms with van der Waals surface area (Å²) >= 11 is 13.5. The Labute approximate surface area is 182 Å². The predicted molar refractivity (Wildman–Crippen MR) is 118 cm³/mol. The molecule has 0 aliphatic carbocycles. The van der Waals surface area contributed by atoms with Crippen LogP contribution in [0.1, 0.15) is 21.7 Å². The Morgan fingerprint density at radius 2 is 1.83 bits per heavy atom. The van der Waals surface area contributed by atoms with Crippen molar-refractivity contribution in [2.75, 3.05) is 11.1 Å². The molecule has 1 aromatic heterocycles. The van der Waals surface area contributed by atoms with Crippen LogP contribution >= 0.6 is 35.0 Å². The van der Waals surface area contributed by atoms with E-state index in [-0.39, 0.29) is 17.6 Å². The third-order valence-electron chi connectivity index (χ3n) is 3.95. The molecule has 2 N–H and O–H groups in total. The standard InChI is InChI=1S/C21H18Cl2N2O3S/c22-16-6-5-15(18(23)10-16)12-29-13-20(26)24-11-14-3-7-17(8-4-14)25-21(27)19-2-1-9-28-19/h1-10H,11-13H2,(H,24,26)(H,25,27). The summed E-state index contributed by atoms with van der Waals surface area (Å²) in [6.45, 7) is 0.410. The molecule has 3 rings (SSSR count). The normalized spacial score (nSPS) is 10.6. The van der Waals surface area contributed by atoms with Gasteiger partial charge in [-0.25, -0.2) is 0 Å². The molecular formula is C21H18Cl2N2O3S. The molecule has 0 radical (unpaired) electrons. The van der Waals surface area contributed by atoms with Gasteiger partial charge in [0.1, 0.15) is 0 Å². The number of carbonyl (C=O) groups excluding carboxylic acids is 2. The number of anilines is 1. The molecule has 150 valence electrons. The monoisotopic (exact) mass is 448 g/mol. The fourth-order valence-corrected chi connectivity index (χ4v) is 3.87. The SMILES string of the molecule is O=C(CSCc1ccc(Cl)cc1Cl)NCc1ccc(NC(=O)c2ccco2)cc1. The van der Waals surface area contributed by atoms with Crippen LogP contribution < -0.4 is 10.6 Å². The van der Waals surface area contributed by atoms with Gasteiger partial charge in [-0.15, -0.1) is 11.8 Å². The van der Waals surface area contributed by atoms with Crippen molar-refractivity contribution in [1.82, 2.24) is 5.32 Å². The number of furan rings is 1. The van der Waals surface area contributed by atoms with Crippen molar-refractivity contribution in [3.05, 3.63) is 87.8 Å². The Morgan fingerprint density at radius 3 is 2.52 bits per heavy atom. The molecule has 0 spiro atoms. The lowest BCUT2D eigenvalue weighted by atomic mass is 10.2. The van der Waals surface area contributed by atoms with Crippen LogP contribution in [0.2, 0.25) is 10.0 Å². The highest BCUT2D eigenvalue weighted by Gasteiger charge is 2.09. The van der Waals surface area contributed by atoms with Gasteiger partial charge in [-0.3, -0.25) is 9.59 Å². The number of carbonyl (C=O) groups is 2. The van der Waals surface area contributed by atoms with Crippen LogP contribution in [0.15, 0.2) is 65.3 Å². The molecule has 1 heterocycles. The predicted octanol–water partition coefficient (Wildman–Crippen LogP) is 5.39. The van der Waals surface area contributed by atoms with E-state index in [0.717, 1.165) is 11.1 Å². The second-order valence-corrected chi connectivity index (χ2v) is 7.96. The zero-order valence-corrected chi connectivity index (χ0v) is 17.6. The molecule has 3 aromatic rings. The lowest BCUT2D eigenvalue weighted by molar-refractivity contribution is -0.118. The smallest absolute Gasteiger partial charge is 0.291 e. The van der Waals surface area contributed by atoms with Crippen molar-refractivity contribution >= 4 is 52.5 Å². The Kier molecular flexibility index (Phi) is 7.63. The lowest BCUT2D eigenvalue weighted by Gasteiger charge is -2.08. The minimum Gasteiger partial charge on any atom is -0.459 e.